The average molecular weight is 405 g/mol. The van der Waals surface area contributed by atoms with Gasteiger partial charge in [0.25, 0.3) is 5.91 Å². The second-order valence-corrected chi connectivity index (χ2v) is 6.11. The molecule has 0 aliphatic carbocycles. The number of amides is 1. The van der Waals surface area contributed by atoms with Gasteiger partial charge in [-0.1, -0.05) is 12.1 Å². The van der Waals surface area contributed by atoms with Crippen LogP contribution in [-0.4, -0.2) is 29.7 Å². The largest absolute Gasteiger partial charge is 0.508 e. The van der Waals surface area contributed by atoms with Crippen molar-refractivity contribution in [2.24, 2.45) is 0 Å². The summed E-state index contributed by atoms with van der Waals surface area (Å²) in [5.74, 6) is -1.56. The number of carbonyl (C=O) groups is 2. The van der Waals surface area contributed by atoms with Crippen molar-refractivity contribution >= 4 is 28.5 Å². The van der Waals surface area contributed by atoms with Crippen molar-refractivity contribution in [3.05, 3.63) is 54.3 Å². The number of phenolic OH excluding ortho intramolecular Hbond substituents is 1. The van der Waals surface area contributed by atoms with Crippen LogP contribution in [0.15, 0.2) is 53.1 Å². The molecule has 0 spiro atoms. The SMILES string of the molecule is C[C@H](OC(=O)Cc1coc2cc(O)ccc12)C(=O)Nc1ccccc1OC(F)F. The standard InChI is InChI=1S/C20H17F2NO6/c1-11(19(26)23-15-4-2-3-5-16(15)29-20(21)22)28-18(25)8-12-10-27-17-9-13(24)6-7-14(12)17/h2-7,9-11,20,24H,8H2,1H3,(H,23,26)/t11-/m0/s1. The third-order valence-electron chi connectivity index (χ3n) is 4.01. The molecule has 9 heteroatoms. The number of nitrogens with one attached hydrogen (secondary N) is 1. The molecule has 29 heavy (non-hydrogen) atoms. The van der Waals surface area contributed by atoms with Crippen molar-refractivity contribution in [1.82, 2.24) is 0 Å². The first-order chi connectivity index (χ1) is 13.8. The van der Waals surface area contributed by atoms with Crippen LogP contribution in [0.3, 0.4) is 0 Å². The number of anilines is 1. The average Bonchev–Trinajstić information content (AvgIpc) is 3.04. The van der Waals surface area contributed by atoms with Gasteiger partial charge in [-0.2, -0.15) is 8.78 Å². The summed E-state index contributed by atoms with van der Waals surface area (Å²) >= 11 is 0. The van der Waals surface area contributed by atoms with Gasteiger partial charge in [-0.05, 0) is 31.2 Å². The molecule has 0 bridgehead atoms. The lowest BCUT2D eigenvalue weighted by molar-refractivity contribution is -0.152. The maximum atomic E-state index is 12.5. The fourth-order valence-corrected chi connectivity index (χ4v) is 2.66. The van der Waals surface area contributed by atoms with Crippen molar-refractivity contribution in [1.29, 1.82) is 0 Å². The molecule has 7 nitrogen and oxygen atoms in total. The second-order valence-electron chi connectivity index (χ2n) is 6.11. The van der Waals surface area contributed by atoms with E-state index in [1.165, 1.54) is 49.6 Å². The summed E-state index contributed by atoms with van der Waals surface area (Å²) in [6.45, 7) is -1.69. The lowest BCUT2D eigenvalue weighted by Gasteiger charge is -2.15. The number of halogens is 2. The Morgan fingerprint density at radius 2 is 1.97 bits per heavy atom. The number of hydrogen-bond donors (Lipinski definition) is 2. The molecule has 1 atom stereocenters. The van der Waals surface area contributed by atoms with E-state index >= 15 is 0 Å². The number of aromatic hydroxyl groups is 1. The van der Waals surface area contributed by atoms with Gasteiger partial charge in [0.05, 0.1) is 18.4 Å². The van der Waals surface area contributed by atoms with Crippen molar-refractivity contribution in [2.45, 2.75) is 26.1 Å². The smallest absolute Gasteiger partial charge is 0.387 e. The monoisotopic (exact) mass is 405 g/mol. The van der Waals surface area contributed by atoms with Gasteiger partial charge in [0, 0.05) is 17.0 Å². The molecule has 2 N–H and O–H groups in total. The molecule has 0 radical (unpaired) electrons. The molecule has 0 aliphatic rings. The molecule has 3 aromatic rings. The van der Waals surface area contributed by atoms with E-state index in [-0.39, 0.29) is 23.6 Å². The van der Waals surface area contributed by atoms with Crippen LogP contribution in [0, 0.1) is 0 Å². The highest BCUT2D eigenvalue weighted by molar-refractivity contribution is 5.96. The van der Waals surface area contributed by atoms with Gasteiger partial charge in [0.2, 0.25) is 0 Å². The van der Waals surface area contributed by atoms with Crippen LogP contribution >= 0.6 is 0 Å². The minimum atomic E-state index is -3.05. The normalized spacial score (nSPS) is 12.0. The van der Waals surface area contributed by atoms with Crippen LogP contribution in [0.5, 0.6) is 11.5 Å². The molecule has 0 fully saturated rings. The summed E-state index contributed by atoms with van der Waals surface area (Å²) in [6, 6.07) is 10.2. The van der Waals surface area contributed by atoms with Crippen LogP contribution in [0.25, 0.3) is 11.0 Å². The number of hydrogen-bond acceptors (Lipinski definition) is 6. The maximum Gasteiger partial charge on any atom is 0.387 e. The van der Waals surface area contributed by atoms with Crippen LogP contribution in [0.4, 0.5) is 14.5 Å². The van der Waals surface area contributed by atoms with Gasteiger partial charge >= 0.3 is 12.6 Å². The number of furan rings is 1. The van der Waals surface area contributed by atoms with E-state index in [0.29, 0.717) is 16.5 Å². The Kier molecular flexibility index (Phi) is 5.96. The molecule has 1 amide bonds. The third kappa shape index (κ3) is 5.01. The summed E-state index contributed by atoms with van der Waals surface area (Å²) in [7, 11) is 0. The topological polar surface area (TPSA) is 98.0 Å². The highest BCUT2D eigenvalue weighted by atomic mass is 19.3. The molecule has 1 aromatic heterocycles. The zero-order valence-corrected chi connectivity index (χ0v) is 15.2. The van der Waals surface area contributed by atoms with Crippen molar-refractivity contribution in [2.75, 3.05) is 5.32 Å². The minimum Gasteiger partial charge on any atom is -0.508 e. The number of ether oxygens (including phenoxy) is 2. The zero-order chi connectivity index (χ0) is 21.0. The van der Waals surface area contributed by atoms with E-state index < -0.39 is 24.6 Å². The summed E-state index contributed by atoms with van der Waals surface area (Å²) in [5.41, 5.74) is 0.976. The summed E-state index contributed by atoms with van der Waals surface area (Å²) in [4.78, 5) is 24.4. The first-order valence-corrected chi connectivity index (χ1v) is 8.56. The quantitative estimate of drug-likeness (QED) is 0.580. The van der Waals surface area contributed by atoms with Crippen molar-refractivity contribution < 1.29 is 37.4 Å². The van der Waals surface area contributed by atoms with Gasteiger partial charge < -0.3 is 24.3 Å². The van der Waals surface area contributed by atoms with Gasteiger partial charge in [-0.15, -0.1) is 0 Å². The summed E-state index contributed by atoms with van der Waals surface area (Å²) in [6.07, 6.45) is 0.0402. The Balaban J connectivity index is 1.61. The van der Waals surface area contributed by atoms with Crippen LogP contribution in [-0.2, 0) is 20.7 Å². The molecule has 0 unspecified atom stereocenters. The Morgan fingerprint density at radius 3 is 2.72 bits per heavy atom. The Morgan fingerprint density at radius 1 is 1.21 bits per heavy atom. The van der Waals surface area contributed by atoms with E-state index in [4.69, 9.17) is 9.15 Å². The van der Waals surface area contributed by atoms with Crippen LogP contribution in [0.2, 0.25) is 0 Å². The maximum absolute atomic E-state index is 12.5. The molecule has 0 saturated carbocycles. The lowest BCUT2D eigenvalue weighted by Crippen LogP contribution is -2.30. The fourth-order valence-electron chi connectivity index (χ4n) is 2.66. The molecule has 0 aliphatic heterocycles. The van der Waals surface area contributed by atoms with E-state index in [2.05, 4.69) is 10.1 Å². The molecule has 2 aromatic carbocycles. The summed E-state index contributed by atoms with van der Waals surface area (Å²) < 4.78 is 39.7. The first-order valence-electron chi connectivity index (χ1n) is 8.56. The molecular weight excluding hydrogens is 388 g/mol. The second kappa shape index (κ2) is 8.59. The van der Waals surface area contributed by atoms with Gasteiger partial charge in [-0.3, -0.25) is 9.59 Å². The number of rotatable bonds is 7. The number of fused-ring (bicyclic) bond motifs is 1. The number of alkyl halides is 2. The van der Waals surface area contributed by atoms with Crippen LogP contribution < -0.4 is 10.1 Å². The Bertz CT molecular complexity index is 1030. The minimum absolute atomic E-state index is 0.0290. The highest BCUT2D eigenvalue weighted by Crippen LogP contribution is 2.27. The first kappa shape index (κ1) is 20.1. The van der Waals surface area contributed by atoms with E-state index in [1.54, 1.807) is 6.07 Å². The van der Waals surface area contributed by atoms with Gasteiger partial charge in [-0.25, -0.2) is 0 Å². The van der Waals surface area contributed by atoms with Crippen molar-refractivity contribution in [3.63, 3.8) is 0 Å². The van der Waals surface area contributed by atoms with E-state index in [9.17, 15) is 23.5 Å². The van der Waals surface area contributed by atoms with Crippen LogP contribution in [0.1, 0.15) is 12.5 Å². The molecule has 1 heterocycles. The number of phenols is 1. The van der Waals surface area contributed by atoms with E-state index in [1.807, 2.05) is 0 Å². The summed E-state index contributed by atoms with van der Waals surface area (Å²) in [5, 5.41) is 12.5. The van der Waals surface area contributed by atoms with Gasteiger partial charge in [0.15, 0.2) is 6.10 Å². The molecular formula is C20H17F2NO6. The zero-order valence-electron chi connectivity index (χ0n) is 15.2. The predicted molar refractivity (Wildman–Crippen MR) is 98.8 cm³/mol. The number of benzene rings is 2. The number of carbonyl (C=O) groups excluding carboxylic acids is 2. The number of esters is 1. The highest BCUT2D eigenvalue weighted by Gasteiger charge is 2.21. The lowest BCUT2D eigenvalue weighted by atomic mass is 10.1. The molecule has 3 rings (SSSR count). The molecule has 152 valence electrons. The Labute approximate surface area is 163 Å². The Hall–Kier alpha value is -3.62. The number of para-hydroxylation sites is 2. The van der Waals surface area contributed by atoms with E-state index in [0.717, 1.165) is 0 Å². The predicted octanol–water partition coefficient (Wildman–Crippen LogP) is 3.85. The molecule has 0 saturated heterocycles. The van der Waals surface area contributed by atoms with Crippen molar-refractivity contribution in [3.8, 4) is 11.5 Å². The third-order valence-corrected chi connectivity index (χ3v) is 4.01. The van der Waals surface area contributed by atoms with Gasteiger partial charge in [0.1, 0.15) is 17.1 Å². The fraction of sp³-hybridized carbons (Fsp3) is 0.200.